The third kappa shape index (κ3) is 4.23. The van der Waals surface area contributed by atoms with Crippen LogP contribution >= 0.6 is 0 Å². The molecule has 0 saturated carbocycles. The summed E-state index contributed by atoms with van der Waals surface area (Å²) in [6.07, 6.45) is 8.81. The van der Waals surface area contributed by atoms with Crippen LogP contribution in [0.25, 0.3) is 11.1 Å². The minimum Gasteiger partial charge on any atom is -0.423 e. The van der Waals surface area contributed by atoms with Crippen LogP contribution in [0.4, 0.5) is 5.69 Å². The van der Waals surface area contributed by atoms with Crippen LogP contribution in [0.1, 0.15) is 51.2 Å². The number of anilines is 1. The second kappa shape index (κ2) is 9.08. The van der Waals surface area contributed by atoms with E-state index in [4.69, 9.17) is 4.74 Å². The van der Waals surface area contributed by atoms with Gasteiger partial charge in [0.05, 0.1) is 25.0 Å². The van der Waals surface area contributed by atoms with Gasteiger partial charge in [0.2, 0.25) is 5.91 Å². The van der Waals surface area contributed by atoms with E-state index in [-0.39, 0.29) is 24.6 Å². The largest absolute Gasteiger partial charge is 0.423 e. The molecule has 0 fully saturated rings. The molecule has 0 spiro atoms. The van der Waals surface area contributed by atoms with Gasteiger partial charge in [0.15, 0.2) is 0 Å². The summed E-state index contributed by atoms with van der Waals surface area (Å²) in [6.45, 7) is 8.25. The number of aliphatic hydroxyl groups is 1. The third-order valence-corrected chi connectivity index (χ3v) is 5.87. The molecular formula is C24H29N5O3. The zero-order chi connectivity index (χ0) is 22.8. The lowest BCUT2D eigenvalue weighted by Crippen LogP contribution is -2.40. The molecule has 1 aliphatic rings. The Kier molecular flexibility index (Phi) is 6.23. The molecule has 3 heterocycles. The van der Waals surface area contributed by atoms with Crippen molar-refractivity contribution in [3.8, 4) is 22.9 Å². The van der Waals surface area contributed by atoms with Crippen LogP contribution in [0, 0.1) is 0 Å². The van der Waals surface area contributed by atoms with Gasteiger partial charge in [-0.1, -0.05) is 13.8 Å². The molecule has 1 N–H and O–H groups in total. The molecule has 168 valence electrons. The normalized spacial score (nSPS) is 15.7. The maximum absolute atomic E-state index is 12.4. The molecule has 2 aromatic heterocycles. The number of hydrogen-bond acceptors (Lipinski definition) is 6. The van der Waals surface area contributed by atoms with Crippen LogP contribution in [0.3, 0.4) is 0 Å². The zero-order valence-electron chi connectivity index (χ0n) is 18.9. The van der Waals surface area contributed by atoms with Crippen molar-refractivity contribution in [1.82, 2.24) is 19.7 Å². The van der Waals surface area contributed by atoms with Crippen molar-refractivity contribution in [2.45, 2.75) is 59.0 Å². The lowest BCUT2D eigenvalue weighted by atomic mass is 9.92. The summed E-state index contributed by atoms with van der Waals surface area (Å²) >= 11 is 0. The fourth-order valence-corrected chi connectivity index (χ4v) is 4.12. The Morgan fingerprint density at radius 1 is 1.25 bits per heavy atom. The SMILES string of the molecule is CC(=O)N1c2ccc(-c3cnn(CCO)c3)c(Oc3ncc(C(C)C)cn3)c2CCC1C. The Morgan fingerprint density at radius 2 is 2.00 bits per heavy atom. The van der Waals surface area contributed by atoms with Crippen molar-refractivity contribution in [3.63, 3.8) is 0 Å². The van der Waals surface area contributed by atoms with Crippen LogP contribution in [-0.4, -0.2) is 43.4 Å². The molecule has 1 amide bonds. The van der Waals surface area contributed by atoms with Gasteiger partial charge in [0.1, 0.15) is 5.75 Å². The number of carbonyl (C=O) groups is 1. The molecule has 1 aromatic carbocycles. The first-order valence-electron chi connectivity index (χ1n) is 11.0. The standard InChI is InChI=1S/C24H29N5O3/c1-15(2)18-11-25-24(26-12-18)32-23-20(19-13-27-28(14-19)9-10-30)7-8-22-21(23)6-5-16(3)29(22)17(4)31/h7-8,11-16,30H,5-6,9-10H2,1-4H3. The van der Waals surface area contributed by atoms with Crippen LogP contribution in [0.2, 0.25) is 0 Å². The van der Waals surface area contributed by atoms with Crippen molar-refractivity contribution >= 4 is 11.6 Å². The van der Waals surface area contributed by atoms with Crippen molar-refractivity contribution in [2.75, 3.05) is 11.5 Å². The van der Waals surface area contributed by atoms with E-state index in [1.165, 1.54) is 0 Å². The number of nitrogens with zero attached hydrogens (tertiary/aromatic N) is 5. The second-order valence-corrected chi connectivity index (χ2v) is 8.49. The van der Waals surface area contributed by atoms with Gasteiger partial charge in [-0.3, -0.25) is 9.48 Å². The number of ether oxygens (including phenoxy) is 1. The van der Waals surface area contributed by atoms with Gasteiger partial charge in [0, 0.05) is 48.2 Å². The Hall–Kier alpha value is -3.26. The monoisotopic (exact) mass is 435 g/mol. The molecule has 3 aromatic rings. The fourth-order valence-electron chi connectivity index (χ4n) is 4.12. The Morgan fingerprint density at radius 3 is 2.66 bits per heavy atom. The first-order chi connectivity index (χ1) is 15.4. The molecule has 0 saturated heterocycles. The molecule has 0 bridgehead atoms. The predicted molar refractivity (Wildman–Crippen MR) is 122 cm³/mol. The number of carbonyl (C=O) groups excluding carboxylic acids is 1. The Bertz CT molecular complexity index is 1110. The number of fused-ring (bicyclic) bond motifs is 1. The van der Waals surface area contributed by atoms with Crippen molar-refractivity contribution in [1.29, 1.82) is 0 Å². The molecule has 0 radical (unpaired) electrons. The molecule has 1 atom stereocenters. The summed E-state index contributed by atoms with van der Waals surface area (Å²) in [5, 5.41) is 13.6. The lowest BCUT2D eigenvalue weighted by Gasteiger charge is -2.35. The maximum Gasteiger partial charge on any atom is 0.321 e. The van der Waals surface area contributed by atoms with E-state index in [1.807, 2.05) is 23.2 Å². The number of aliphatic hydroxyl groups excluding tert-OH is 1. The highest BCUT2D eigenvalue weighted by molar-refractivity contribution is 5.95. The van der Waals surface area contributed by atoms with E-state index < -0.39 is 0 Å². The fraction of sp³-hybridized carbons (Fsp3) is 0.417. The highest BCUT2D eigenvalue weighted by atomic mass is 16.5. The quantitative estimate of drug-likeness (QED) is 0.630. The van der Waals surface area contributed by atoms with E-state index in [1.54, 1.807) is 30.2 Å². The number of rotatable bonds is 6. The summed E-state index contributed by atoms with van der Waals surface area (Å²) in [5.74, 6) is 0.971. The second-order valence-electron chi connectivity index (χ2n) is 8.49. The smallest absolute Gasteiger partial charge is 0.321 e. The van der Waals surface area contributed by atoms with Crippen molar-refractivity contribution in [3.05, 3.63) is 48.0 Å². The average molecular weight is 436 g/mol. The van der Waals surface area contributed by atoms with Crippen LogP contribution in [0.15, 0.2) is 36.9 Å². The molecule has 1 aliphatic heterocycles. The van der Waals surface area contributed by atoms with Gasteiger partial charge < -0.3 is 14.7 Å². The summed E-state index contributed by atoms with van der Waals surface area (Å²) in [6, 6.07) is 4.30. The molecule has 8 heteroatoms. The van der Waals surface area contributed by atoms with Crippen LogP contribution in [-0.2, 0) is 17.8 Å². The van der Waals surface area contributed by atoms with Gasteiger partial charge in [-0.2, -0.15) is 5.10 Å². The average Bonchev–Trinajstić information content (AvgIpc) is 3.22. The van der Waals surface area contributed by atoms with Gasteiger partial charge in [-0.25, -0.2) is 9.97 Å². The lowest BCUT2D eigenvalue weighted by molar-refractivity contribution is -0.117. The van der Waals surface area contributed by atoms with Crippen molar-refractivity contribution < 1.29 is 14.6 Å². The zero-order valence-corrected chi connectivity index (χ0v) is 18.9. The van der Waals surface area contributed by atoms with E-state index in [9.17, 15) is 9.90 Å². The molecule has 4 rings (SSSR count). The van der Waals surface area contributed by atoms with E-state index in [2.05, 4.69) is 35.8 Å². The van der Waals surface area contributed by atoms with Crippen LogP contribution in [0.5, 0.6) is 11.8 Å². The molecular weight excluding hydrogens is 406 g/mol. The topological polar surface area (TPSA) is 93.4 Å². The number of amides is 1. The third-order valence-electron chi connectivity index (χ3n) is 5.87. The summed E-state index contributed by atoms with van der Waals surface area (Å²) in [4.78, 5) is 23.1. The Balaban J connectivity index is 1.82. The molecule has 0 aliphatic carbocycles. The van der Waals surface area contributed by atoms with E-state index in [0.717, 1.165) is 40.8 Å². The molecule has 1 unspecified atom stereocenters. The predicted octanol–water partition coefficient (Wildman–Crippen LogP) is 3.94. The summed E-state index contributed by atoms with van der Waals surface area (Å²) in [5.41, 5.74) is 4.57. The van der Waals surface area contributed by atoms with Gasteiger partial charge in [-0.15, -0.1) is 0 Å². The molecule has 8 nitrogen and oxygen atoms in total. The number of aromatic nitrogens is 4. The Labute approximate surface area is 187 Å². The minimum atomic E-state index is 0.00505. The van der Waals surface area contributed by atoms with Gasteiger partial charge in [0.25, 0.3) is 0 Å². The minimum absolute atomic E-state index is 0.00505. The van der Waals surface area contributed by atoms with Gasteiger partial charge >= 0.3 is 6.01 Å². The van der Waals surface area contributed by atoms with Gasteiger partial charge in [-0.05, 0) is 43.4 Å². The summed E-state index contributed by atoms with van der Waals surface area (Å²) < 4.78 is 7.97. The maximum atomic E-state index is 12.4. The number of benzene rings is 1. The summed E-state index contributed by atoms with van der Waals surface area (Å²) in [7, 11) is 0. The highest BCUT2D eigenvalue weighted by Gasteiger charge is 2.30. The number of hydrogen-bond donors (Lipinski definition) is 1. The van der Waals surface area contributed by atoms with E-state index >= 15 is 0 Å². The van der Waals surface area contributed by atoms with E-state index in [0.29, 0.717) is 18.2 Å². The molecule has 32 heavy (non-hydrogen) atoms. The first kappa shape index (κ1) is 22.0. The van der Waals surface area contributed by atoms with Crippen LogP contribution < -0.4 is 9.64 Å². The van der Waals surface area contributed by atoms with Crippen molar-refractivity contribution in [2.24, 2.45) is 0 Å². The first-order valence-corrected chi connectivity index (χ1v) is 11.0. The highest BCUT2D eigenvalue weighted by Crippen LogP contribution is 2.44.